The third-order valence-corrected chi connectivity index (χ3v) is 2.53. The highest BCUT2D eigenvalue weighted by atomic mass is 35.5. The Morgan fingerprint density at radius 3 is 1.58 bits per heavy atom. The van der Waals surface area contributed by atoms with Crippen molar-refractivity contribution in [2.24, 2.45) is 5.73 Å². The fraction of sp³-hybridized carbons (Fsp3) is 0.455. The summed E-state index contributed by atoms with van der Waals surface area (Å²) in [5, 5.41) is 0. The van der Waals surface area contributed by atoms with Crippen LogP contribution in [0.4, 0.5) is 26.3 Å². The quantitative estimate of drug-likeness (QED) is 0.814. The molecular weight excluding hydrogens is 296 g/mol. The van der Waals surface area contributed by atoms with Gasteiger partial charge < -0.3 is 5.73 Å². The molecule has 1 aromatic carbocycles. The van der Waals surface area contributed by atoms with Gasteiger partial charge in [0.15, 0.2) is 0 Å². The standard InChI is InChI=1S/C11H11F6N.ClH/c1-6(5-18)7-2-8(10(12,13)14)4-9(3-7)11(15,16)17;/h2-4,6H,5,18H2,1H3;1H. The van der Waals surface area contributed by atoms with Gasteiger partial charge in [-0.15, -0.1) is 12.4 Å². The molecule has 1 unspecified atom stereocenters. The van der Waals surface area contributed by atoms with E-state index in [1.165, 1.54) is 6.92 Å². The minimum atomic E-state index is -4.82. The lowest BCUT2D eigenvalue weighted by atomic mass is 9.96. The molecule has 1 aromatic rings. The zero-order valence-corrected chi connectivity index (χ0v) is 10.6. The van der Waals surface area contributed by atoms with E-state index < -0.39 is 29.4 Å². The number of benzene rings is 1. The van der Waals surface area contributed by atoms with Crippen LogP contribution in [-0.4, -0.2) is 6.54 Å². The van der Waals surface area contributed by atoms with E-state index in [1.807, 2.05) is 0 Å². The fourth-order valence-electron chi connectivity index (χ4n) is 1.40. The van der Waals surface area contributed by atoms with E-state index in [9.17, 15) is 26.3 Å². The van der Waals surface area contributed by atoms with Crippen LogP contribution in [-0.2, 0) is 12.4 Å². The number of halogens is 7. The Morgan fingerprint density at radius 2 is 1.32 bits per heavy atom. The minimum Gasteiger partial charge on any atom is -0.330 e. The van der Waals surface area contributed by atoms with Gasteiger partial charge in [-0.05, 0) is 36.2 Å². The number of alkyl halides is 6. The highest BCUT2D eigenvalue weighted by molar-refractivity contribution is 5.85. The maximum absolute atomic E-state index is 12.5. The van der Waals surface area contributed by atoms with E-state index in [0.29, 0.717) is 12.1 Å². The van der Waals surface area contributed by atoms with Gasteiger partial charge in [-0.2, -0.15) is 26.3 Å². The van der Waals surface area contributed by atoms with Gasteiger partial charge >= 0.3 is 12.4 Å². The Morgan fingerprint density at radius 1 is 0.947 bits per heavy atom. The summed E-state index contributed by atoms with van der Waals surface area (Å²) in [4.78, 5) is 0. The molecule has 0 amide bonds. The number of nitrogens with two attached hydrogens (primary N) is 1. The van der Waals surface area contributed by atoms with Crippen LogP contribution in [0.3, 0.4) is 0 Å². The van der Waals surface area contributed by atoms with Gasteiger partial charge in [0.25, 0.3) is 0 Å². The first-order chi connectivity index (χ1) is 8.05. The normalized spacial score (nSPS) is 13.9. The Bertz CT molecular complexity index is 394. The van der Waals surface area contributed by atoms with Gasteiger partial charge in [-0.3, -0.25) is 0 Å². The van der Waals surface area contributed by atoms with Crippen molar-refractivity contribution < 1.29 is 26.3 Å². The molecule has 0 saturated carbocycles. The Hall–Kier alpha value is -0.950. The highest BCUT2D eigenvalue weighted by Gasteiger charge is 2.37. The van der Waals surface area contributed by atoms with Crippen LogP contribution >= 0.6 is 12.4 Å². The number of hydrogen-bond donors (Lipinski definition) is 1. The second kappa shape index (κ2) is 6.00. The molecule has 1 rings (SSSR count). The molecule has 0 heterocycles. The molecule has 0 bridgehead atoms. The van der Waals surface area contributed by atoms with Crippen LogP contribution < -0.4 is 5.73 Å². The first-order valence-electron chi connectivity index (χ1n) is 5.05. The van der Waals surface area contributed by atoms with Crippen molar-refractivity contribution in [3.8, 4) is 0 Å². The maximum Gasteiger partial charge on any atom is 0.416 e. The lowest BCUT2D eigenvalue weighted by Crippen LogP contribution is -2.15. The van der Waals surface area contributed by atoms with Crippen LogP contribution in [0.15, 0.2) is 18.2 Å². The van der Waals surface area contributed by atoms with E-state index in [2.05, 4.69) is 0 Å². The van der Waals surface area contributed by atoms with E-state index in [4.69, 9.17) is 5.73 Å². The molecular formula is C11H12ClF6N. The van der Waals surface area contributed by atoms with Crippen molar-refractivity contribution in [2.45, 2.75) is 25.2 Å². The molecule has 1 nitrogen and oxygen atoms in total. The molecule has 110 valence electrons. The van der Waals surface area contributed by atoms with Gasteiger partial charge in [0, 0.05) is 0 Å². The second-order valence-corrected chi connectivity index (χ2v) is 3.98. The smallest absolute Gasteiger partial charge is 0.330 e. The molecule has 0 aliphatic carbocycles. The summed E-state index contributed by atoms with van der Waals surface area (Å²) in [5.74, 6) is -0.576. The SMILES string of the molecule is CC(CN)c1cc(C(F)(F)F)cc(C(F)(F)F)c1.Cl. The first-order valence-corrected chi connectivity index (χ1v) is 5.05. The molecule has 0 aliphatic rings. The second-order valence-electron chi connectivity index (χ2n) is 3.98. The summed E-state index contributed by atoms with van der Waals surface area (Å²) in [6, 6.07) is 1.51. The summed E-state index contributed by atoms with van der Waals surface area (Å²) < 4.78 is 75.0. The Kier molecular flexibility index (Phi) is 5.70. The largest absolute Gasteiger partial charge is 0.416 e. The van der Waals surface area contributed by atoms with Crippen molar-refractivity contribution in [3.63, 3.8) is 0 Å². The molecule has 0 spiro atoms. The third-order valence-electron chi connectivity index (χ3n) is 2.53. The minimum absolute atomic E-state index is 0. The summed E-state index contributed by atoms with van der Waals surface area (Å²) in [7, 11) is 0. The topological polar surface area (TPSA) is 26.0 Å². The van der Waals surface area contributed by atoms with Crippen LogP contribution in [0.1, 0.15) is 29.5 Å². The average Bonchev–Trinajstić information content (AvgIpc) is 2.25. The van der Waals surface area contributed by atoms with Gasteiger partial charge in [0.2, 0.25) is 0 Å². The molecule has 0 radical (unpaired) electrons. The van der Waals surface area contributed by atoms with Gasteiger partial charge in [-0.25, -0.2) is 0 Å². The van der Waals surface area contributed by atoms with Crippen LogP contribution in [0.2, 0.25) is 0 Å². The number of rotatable bonds is 2. The predicted molar refractivity (Wildman–Crippen MR) is 61.2 cm³/mol. The fourth-order valence-corrected chi connectivity index (χ4v) is 1.40. The summed E-state index contributed by atoms with van der Waals surface area (Å²) in [5.41, 5.74) is 2.57. The lowest BCUT2D eigenvalue weighted by Gasteiger charge is -2.16. The van der Waals surface area contributed by atoms with Crippen molar-refractivity contribution >= 4 is 12.4 Å². The van der Waals surface area contributed by atoms with E-state index in [1.54, 1.807) is 0 Å². The van der Waals surface area contributed by atoms with Gasteiger partial charge in [0.1, 0.15) is 0 Å². The van der Waals surface area contributed by atoms with E-state index >= 15 is 0 Å². The summed E-state index contributed by atoms with van der Waals surface area (Å²) in [6.45, 7) is 1.44. The lowest BCUT2D eigenvalue weighted by molar-refractivity contribution is -0.143. The zero-order valence-electron chi connectivity index (χ0n) is 9.77. The molecule has 0 aliphatic heterocycles. The molecule has 0 saturated heterocycles. The van der Waals surface area contributed by atoms with E-state index in [-0.39, 0.29) is 30.6 Å². The molecule has 19 heavy (non-hydrogen) atoms. The summed E-state index contributed by atoms with van der Waals surface area (Å²) in [6.07, 6.45) is -9.63. The molecule has 8 heteroatoms. The van der Waals surface area contributed by atoms with Gasteiger partial charge in [0.05, 0.1) is 11.1 Å². The van der Waals surface area contributed by atoms with Crippen molar-refractivity contribution in [3.05, 3.63) is 34.9 Å². The first kappa shape index (κ1) is 18.0. The highest BCUT2D eigenvalue weighted by Crippen LogP contribution is 2.37. The molecule has 0 aromatic heterocycles. The van der Waals surface area contributed by atoms with E-state index in [0.717, 1.165) is 0 Å². The maximum atomic E-state index is 12.5. The van der Waals surface area contributed by atoms with Crippen molar-refractivity contribution in [1.82, 2.24) is 0 Å². The number of hydrogen-bond acceptors (Lipinski definition) is 1. The van der Waals surface area contributed by atoms with Crippen LogP contribution in [0.5, 0.6) is 0 Å². The van der Waals surface area contributed by atoms with Crippen molar-refractivity contribution in [2.75, 3.05) is 6.54 Å². The Labute approximate surface area is 112 Å². The molecule has 1 atom stereocenters. The molecule has 2 N–H and O–H groups in total. The average molecular weight is 308 g/mol. The summed E-state index contributed by atoms with van der Waals surface area (Å²) >= 11 is 0. The van der Waals surface area contributed by atoms with Crippen LogP contribution in [0.25, 0.3) is 0 Å². The predicted octanol–water partition coefficient (Wildman–Crippen LogP) is 4.21. The monoisotopic (exact) mass is 307 g/mol. The molecule has 0 fully saturated rings. The zero-order chi connectivity index (χ0) is 14.1. The van der Waals surface area contributed by atoms with Crippen LogP contribution in [0, 0.1) is 0 Å². The van der Waals surface area contributed by atoms with Crippen molar-refractivity contribution in [1.29, 1.82) is 0 Å². The van der Waals surface area contributed by atoms with Gasteiger partial charge in [-0.1, -0.05) is 6.92 Å². The third kappa shape index (κ3) is 4.58. The Balaban J connectivity index is 0.00000324.